The molecule has 1 aromatic carbocycles. The maximum atomic E-state index is 11.9. The Balaban J connectivity index is 2.32. The average Bonchev–Trinajstić information content (AvgIpc) is 2.36. The molecule has 0 saturated carbocycles. The molecule has 1 fully saturated rings. The fourth-order valence-electron chi connectivity index (χ4n) is 2.38. The van der Waals surface area contributed by atoms with Gasteiger partial charge in [-0.05, 0) is 12.5 Å². The highest BCUT2D eigenvalue weighted by Crippen LogP contribution is 2.29. The van der Waals surface area contributed by atoms with Gasteiger partial charge in [0.2, 0.25) is 0 Å². The van der Waals surface area contributed by atoms with Gasteiger partial charge in [-0.1, -0.05) is 25.1 Å². The smallest absolute Gasteiger partial charge is 0.153 e. The van der Waals surface area contributed by atoms with Crippen LogP contribution in [0.2, 0.25) is 0 Å². The largest absolute Gasteiger partial charge is 0.496 e. The van der Waals surface area contributed by atoms with Crippen LogP contribution in [-0.4, -0.2) is 33.1 Å². The van der Waals surface area contributed by atoms with E-state index in [0.717, 1.165) is 17.7 Å². The zero-order valence-electron chi connectivity index (χ0n) is 10.7. The second-order valence-electron chi connectivity index (χ2n) is 4.64. The molecular weight excluding hydrogens is 250 g/mol. The minimum atomic E-state index is -2.98. The minimum absolute atomic E-state index is 0.0265. The van der Waals surface area contributed by atoms with Crippen LogP contribution in [0.4, 0.5) is 0 Å². The lowest BCUT2D eigenvalue weighted by molar-refractivity contribution is 0.389. The third-order valence-electron chi connectivity index (χ3n) is 3.32. The van der Waals surface area contributed by atoms with Crippen molar-refractivity contribution in [1.82, 2.24) is 5.32 Å². The first-order valence-corrected chi connectivity index (χ1v) is 7.97. The molecule has 5 heteroatoms. The van der Waals surface area contributed by atoms with Crippen molar-refractivity contribution in [3.63, 3.8) is 0 Å². The van der Waals surface area contributed by atoms with Crippen molar-refractivity contribution in [3.8, 4) is 5.75 Å². The lowest BCUT2D eigenvalue weighted by Crippen LogP contribution is -2.46. The second kappa shape index (κ2) is 5.28. The standard InChI is InChI=1S/C13H19NO3S/c1-3-10-8-18(15,16)9-12(14-10)11-6-4-5-7-13(11)17-2/h4-7,10,12,14H,3,8-9H2,1-2H3. The number of sulfone groups is 1. The number of methoxy groups -OCH3 is 1. The summed E-state index contributed by atoms with van der Waals surface area (Å²) in [4.78, 5) is 0. The van der Waals surface area contributed by atoms with Crippen molar-refractivity contribution in [1.29, 1.82) is 0 Å². The Kier molecular flexibility index (Phi) is 3.92. The molecule has 0 aromatic heterocycles. The Morgan fingerprint density at radius 2 is 2.06 bits per heavy atom. The quantitative estimate of drug-likeness (QED) is 0.904. The lowest BCUT2D eigenvalue weighted by Gasteiger charge is -2.31. The Morgan fingerprint density at radius 1 is 1.33 bits per heavy atom. The van der Waals surface area contributed by atoms with Gasteiger partial charge >= 0.3 is 0 Å². The van der Waals surface area contributed by atoms with Crippen molar-refractivity contribution in [3.05, 3.63) is 29.8 Å². The fourth-order valence-corrected chi connectivity index (χ4v) is 4.24. The molecule has 1 aromatic rings. The Labute approximate surface area is 108 Å². The summed E-state index contributed by atoms with van der Waals surface area (Å²) in [5.41, 5.74) is 0.918. The molecule has 1 heterocycles. The number of hydrogen-bond acceptors (Lipinski definition) is 4. The molecule has 0 radical (unpaired) electrons. The van der Waals surface area contributed by atoms with Gasteiger partial charge in [-0.2, -0.15) is 0 Å². The average molecular weight is 269 g/mol. The second-order valence-corrected chi connectivity index (χ2v) is 6.80. The van der Waals surface area contributed by atoms with E-state index in [4.69, 9.17) is 4.74 Å². The van der Waals surface area contributed by atoms with Crippen LogP contribution in [0.25, 0.3) is 0 Å². The Bertz CT molecular complexity index is 513. The summed E-state index contributed by atoms with van der Waals surface area (Å²) in [7, 11) is -1.38. The van der Waals surface area contributed by atoms with Gasteiger partial charge in [-0.15, -0.1) is 0 Å². The van der Waals surface area contributed by atoms with Gasteiger partial charge in [0.1, 0.15) is 5.75 Å². The van der Waals surface area contributed by atoms with Crippen LogP contribution in [0.3, 0.4) is 0 Å². The molecule has 2 rings (SSSR count). The van der Waals surface area contributed by atoms with Crippen LogP contribution < -0.4 is 10.1 Å². The molecule has 18 heavy (non-hydrogen) atoms. The van der Waals surface area contributed by atoms with E-state index >= 15 is 0 Å². The summed E-state index contributed by atoms with van der Waals surface area (Å²) >= 11 is 0. The predicted octanol–water partition coefficient (Wildman–Crippen LogP) is 1.53. The van der Waals surface area contributed by atoms with Gasteiger partial charge in [0.05, 0.1) is 24.7 Å². The van der Waals surface area contributed by atoms with E-state index in [0.29, 0.717) is 0 Å². The minimum Gasteiger partial charge on any atom is -0.496 e. The first kappa shape index (κ1) is 13.4. The van der Waals surface area contributed by atoms with E-state index in [1.165, 1.54) is 0 Å². The third-order valence-corrected chi connectivity index (χ3v) is 5.07. The van der Waals surface area contributed by atoms with Gasteiger partial charge in [-0.25, -0.2) is 8.42 Å². The first-order valence-electron chi connectivity index (χ1n) is 6.15. The van der Waals surface area contributed by atoms with Crippen LogP contribution in [0, 0.1) is 0 Å². The number of hydrogen-bond donors (Lipinski definition) is 1. The number of nitrogens with one attached hydrogen (secondary N) is 1. The van der Waals surface area contributed by atoms with Gasteiger partial charge in [-0.3, -0.25) is 0 Å². The topological polar surface area (TPSA) is 55.4 Å². The predicted molar refractivity (Wildman–Crippen MR) is 71.6 cm³/mol. The van der Waals surface area contributed by atoms with E-state index in [1.54, 1.807) is 7.11 Å². The highest BCUT2D eigenvalue weighted by Gasteiger charge is 2.32. The van der Waals surface area contributed by atoms with Gasteiger partial charge in [0.25, 0.3) is 0 Å². The maximum absolute atomic E-state index is 11.9. The van der Waals surface area contributed by atoms with Crippen molar-refractivity contribution in [2.24, 2.45) is 0 Å². The van der Waals surface area contributed by atoms with Crippen LogP contribution in [0.15, 0.2) is 24.3 Å². The highest BCUT2D eigenvalue weighted by molar-refractivity contribution is 7.91. The van der Waals surface area contributed by atoms with E-state index in [9.17, 15) is 8.42 Å². The monoisotopic (exact) mass is 269 g/mol. The van der Waals surface area contributed by atoms with Crippen molar-refractivity contribution in [2.45, 2.75) is 25.4 Å². The Morgan fingerprint density at radius 3 is 2.72 bits per heavy atom. The van der Waals surface area contributed by atoms with Crippen LogP contribution in [0.5, 0.6) is 5.75 Å². The maximum Gasteiger partial charge on any atom is 0.153 e. The molecule has 1 aliphatic rings. The lowest BCUT2D eigenvalue weighted by atomic mass is 10.1. The van der Waals surface area contributed by atoms with Crippen LogP contribution in [0.1, 0.15) is 24.9 Å². The molecule has 0 aliphatic carbocycles. The van der Waals surface area contributed by atoms with Crippen LogP contribution in [-0.2, 0) is 9.84 Å². The zero-order valence-corrected chi connectivity index (χ0v) is 11.5. The summed E-state index contributed by atoms with van der Waals surface area (Å²) in [6, 6.07) is 7.42. The summed E-state index contributed by atoms with van der Waals surface area (Å²) in [6.07, 6.45) is 0.810. The highest BCUT2D eigenvalue weighted by atomic mass is 32.2. The van der Waals surface area contributed by atoms with Crippen molar-refractivity contribution in [2.75, 3.05) is 18.6 Å². The molecule has 1 N–H and O–H groups in total. The van der Waals surface area contributed by atoms with Crippen LogP contribution >= 0.6 is 0 Å². The summed E-state index contributed by atoms with van der Waals surface area (Å²) in [5, 5.41) is 3.39. The molecule has 1 aliphatic heterocycles. The van der Waals surface area contributed by atoms with E-state index in [1.807, 2.05) is 31.2 Å². The Hall–Kier alpha value is -1.07. The van der Waals surface area contributed by atoms with Gasteiger partial charge in [0, 0.05) is 11.6 Å². The summed E-state index contributed by atoms with van der Waals surface area (Å²) in [6.45, 7) is 2.00. The normalized spacial score (nSPS) is 26.8. The molecule has 0 spiro atoms. The molecule has 0 amide bonds. The first-order chi connectivity index (χ1) is 8.55. The number of benzene rings is 1. The van der Waals surface area contributed by atoms with E-state index in [2.05, 4.69) is 5.32 Å². The molecule has 2 atom stereocenters. The SMILES string of the molecule is CCC1CS(=O)(=O)CC(c2ccccc2OC)N1. The molecule has 0 bridgehead atoms. The molecule has 100 valence electrons. The summed E-state index contributed by atoms with van der Waals surface area (Å²) in [5.74, 6) is 1.11. The molecule has 4 nitrogen and oxygen atoms in total. The number of rotatable bonds is 3. The molecule has 2 unspecified atom stereocenters. The third kappa shape index (κ3) is 2.84. The van der Waals surface area contributed by atoms with Crippen molar-refractivity contribution < 1.29 is 13.2 Å². The number of ether oxygens (including phenoxy) is 1. The fraction of sp³-hybridized carbons (Fsp3) is 0.538. The zero-order chi connectivity index (χ0) is 13.2. The van der Waals surface area contributed by atoms with Gasteiger partial charge in [0.15, 0.2) is 9.84 Å². The van der Waals surface area contributed by atoms with E-state index < -0.39 is 9.84 Å². The summed E-state index contributed by atoms with van der Waals surface area (Å²) < 4.78 is 29.1. The molecule has 1 saturated heterocycles. The number of para-hydroxylation sites is 1. The van der Waals surface area contributed by atoms with Crippen molar-refractivity contribution >= 4 is 9.84 Å². The van der Waals surface area contributed by atoms with E-state index in [-0.39, 0.29) is 23.6 Å². The van der Waals surface area contributed by atoms with Gasteiger partial charge < -0.3 is 10.1 Å². The molecular formula is C13H19NO3S.